The number of unbranched alkanes of at least 4 members (excludes halogenated alkanes) is 1. The van der Waals surface area contributed by atoms with E-state index < -0.39 is 30.0 Å². The Hall–Kier alpha value is -4.43. The summed E-state index contributed by atoms with van der Waals surface area (Å²) in [6.45, 7) is 0. The number of ether oxygens (including phenoxy) is 1. The molecule has 2 aromatic carbocycles. The predicted molar refractivity (Wildman–Crippen MR) is 144 cm³/mol. The molecule has 0 saturated heterocycles. The van der Waals surface area contributed by atoms with Crippen molar-refractivity contribution in [3.63, 3.8) is 0 Å². The number of benzene rings is 2. The second kappa shape index (κ2) is 13.8. The SMILES string of the molecule is O=C(Cc1cccc(OC(F)(F)F)c1)Nc1ccc(CCCCc2nnc(NC(=O)[C@H](O)c3ccccc3)s2)nn1. The number of nitrogens with one attached hydrogen (secondary N) is 2. The molecule has 0 unspecified atom stereocenters. The van der Waals surface area contributed by atoms with Gasteiger partial charge in [-0.05, 0) is 54.7 Å². The van der Waals surface area contributed by atoms with Gasteiger partial charge in [0.05, 0.1) is 12.1 Å². The van der Waals surface area contributed by atoms with Gasteiger partial charge in [-0.2, -0.15) is 5.10 Å². The number of carbonyl (C=O) groups is 2. The summed E-state index contributed by atoms with van der Waals surface area (Å²) in [7, 11) is 0. The van der Waals surface area contributed by atoms with Crippen LogP contribution in [0.1, 0.15) is 40.8 Å². The second-order valence-corrected chi connectivity index (χ2v) is 9.90. The van der Waals surface area contributed by atoms with E-state index in [-0.39, 0.29) is 12.2 Å². The van der Waals surface area contributed by atoms with Crippen LogP contribution in [0.15, 0.2) is 66.7 Å². The summed E-state index contributed by atoms with van der Waals surface area (Å²) in [5.41, 5.74) is 1.56. The summed E-state index contributed by atoms with van der Waals surface area (Å²) in [4.78, 5) is 24.5. The summed E-state index contributed by atoms with van der Waals surface area (Å²) in [6.07, 6.45) is -3.43. The fraction of sp³-hybridized carbons (Fsp3) is 0.259. The number of carbonyl (C=O) groups excluding carboxylic acids is 2. The quantitative estimate of drug-likeness (QED) is 0.204. The molecule has 0 fully saturated rings. The number of aliphatic hydroxyl groups excluding tert-OH is 1. The number of anilines is 2. The van der Waals surface area contributed by atoms with Gasteiger partial charge in [-0.15, -0.1) is 28.5 Å². The highest BCUT2D eigenvalue weighted by Gasteiger charge is 2.31. The van der Waals surface area contributed by atoms with Gasteiger partial charge < -0.3 is 15.2 Å². The zero-order valence-corrected chi connectivity index (χ0v) is 22.3. The number of halogens is 3. The number of hydrogen-bond donors (Lipinski definition) is 3. The van der Waals surface area contributed by atoms with E-state index in [4.69, 9.17) is 0 Å². The van der Waals surface area contributed by atoms with Crippen molar-refractivity contribution in [2.24, 2.45) is 0 Å². The number of rotatable bonds is 12. The van der Waals surface area contributed by atoms with Gasteiger partial charge in [-0.3, -0.25) is 14.9 Å². The molecule has 0 aliphatic rings. The molecule has 0 aliphatic heterocycles. The summed E-state index contributed by atoms with van der Waals surface area (Å²) in [6, 6.07) is 17.1. The molecule has 0 aliphatic carbocycles. The topological polar surface area (TPSA) is 139 Å². The first-order valence-corrected chi connectivity index (χ1v) is 13.3. The number of aryl methyl sites for hydroxylation is 2. The molecule has 0 spiro atoms. The Bertz CT molecular complexity index is 1450. The number of aromatic nitrogens is 4. The van der Waals surface area contributed by atoms with Crippen molar-refractivity contribution in [3.05, 3.63) is 88.6 Å². The number of hydrogen-bond acceptors (Lipinski definition) is 9. The maximum atomic E-state index is 12.4. The van der Waals surface area contributed by atoms with Gasteiger partial charge in [0.1, 0.15) is 10.8 Å². The molecule has 10 nitrogen and oxygen atoms in total. The van der Waals surface area contributed by atoms with E-state index in [1.54, 1.807) is 42.5 Å². The molecule has 41 heavy (non-hydrogen) atoms. The van der Waals surface area contributed by atoms with Crippen molar-refractivity contribution >= 4 is 34.1 Å². The van der Waals surface area contributed by atoms with Gasteiger partial charge in [0, 0.05) is 6.42 Å². The number of alkyl halides is 3. The summed E-state index contributed by atoms with van der Waals surface area (Å²) in [5.74, 6) is -1.22. The van der Waals surface area contributed by atoms with Crippen LogP contribution in [-0.2, 0) is 28.9 Å². The van der Waals surface area contributed by atoms with E-state index in [2.05, 4.69) is 35.8 Å². The molecule has 1 atom stereocenters. The zero-order chi connectivity index (χ0) is 29.2. The van der Waals surface area contributed by atoms with Gasteiger partial charge in [-0.1, -0.05) is 53.8 Å². The molecule has 4 aromatic rings. The molecule has 2 amide bonds. The first-order valence-electron chi connectivity index (χ1n) is 12.5. The molecule has 0 bridgehead atoms. The zero-order valence-electron chi connectivity index (χ0n) is 21.5. The predicted octanol–water partition coefficient (Wildman–Crippen LogP) is 4.65. The Balaban J connectivity index is 1.17. The highest BCUT2D eigenvalue weighted by molar-refractivity contribution is 7.15. The fourth-order valence-electron chi connectivity index (χ4n) is 3.73. The Morgan fingerprint density at radius 3 is 2.41 bits per heavy atom. The largest absolute Gasteiger partial charge is 0.573 e. The van der Waals surface area contributed by atoms with Gasteiger partial charge in [0.15, 0.2) is 11.9 Å². The smallest absolute Gasteiger partial charge is 0.406 e. The summed E-state index contributed by atoms with van der Waals surface area (Å²) >= 11 is 1.24. The van der Waals surface area contributed by atoms with Crippen LogP contribution < -0.4 is 15.4 Å². The maximum Gasteiger partial charge on any atom is 0.573 e. The van der Waals surface area contributed by atoms with Crippen molar-refractivity contribution in [1.82, 2.24) is 20.4 Å². The van der Waals surface area contributed by atoms with E-state index in [0.29, 0.717) is 29.1 Å². The minimum atomic E-state index is -4.81. The molecule has 14 heteroatoms. The van der Waals surface area contributed by atoms with Crippen molar-refractivity contribution in [2.45, 2.75) is 44.6 Å². The van der Waals surface area contributed by atoms with Gasteiger partial charge >= 0.3 is 6.36 Å². The van der Waals surface area contributed by atoms with Crippen molar-refractivity contribution in [1.29, 1.82) is 0 Å². The molecular formula is C27H25F3N6O4S. The Morgan fingerprint density at radius 2 is 1.68 bits per heavy atom. The molecule has 2 aromatic heterocycles. The lowest BCUT2D eigenvalue weighted by molar-refractivity contribution is -0.274. The number of aliphatic hydroxyl groups is 1. The minimum Gasteiger partial charge on any atom is -0.406 e. The van der Waals surface area contributed by atoms with Crippen LogP contribution in [0.25, 0.3) is 0 Å². The molecular weight excluding hydrogens is 561 g/mol. The lowest BCUT2D eigenvalue weighted by Crippen LogP contribution is -2.20. The van der Waals surface area contributed by atoms with Crippen molar-refractivity contribution in [2.75, 3.05) is 10.6 Å². The Morgan fingerprint density at radius 1 is 0.902 bits per heavy atom. The van der Waals surface area contributed by atoms with Crippen LogP contribution in [0.4, 0.5) is 24.1 Å². The third-order valence-electron chi connectivity index (χ3n) is 5.62. The average molecular weight is 587 g/mol. The van der Waals surface area contributed by atoms with Gasteiger partial charge in [0.2, 0.25) is 11.0 Å². The minimum absolute atomic E-state index is 0.164. The highest BCUT2D eigenvalue weighted by Crippen LogP contribution is 2.24. The molecule has 4 rings (SSSR count). The van der Waals surface area contributed by atoms with Crippen LogP contribution in [0, 0.1) is 0 Å². The Labute approximate surface area is 236 Å². The van der Waals surface area contributed by atoms with Crippen LogP contribution in [0.2, 0.25) is 0 Å². The Kier molecular flexibility index (Phi) is 9.92. The van der Waals surface area contributed by atoms with Gasteiger partial charge in [-0.25, -0.2) is 0 Å². The van der Waals surface area contributed by atoms with Crippen LogP contribution >= 0.6 is 11.3 Å². The highest BCUT2D eigenvalue weighted by atomic mass is 32.1. The van der Waals surface area contributed by atoms with Crippen molar-refractivity contribution < 1.29 is 32.6 Å². The van der Waals surface area contributed by atoms with Crippen LogP contribution in [0.3, 0.4) is 0 Å². The first kappa shape index (κ1) is 29.6. The van der Waals surface area contributed by atoms with E-state index in [0.717, 1.165) is 35.7 Å². The lowest BCUT2D eigenvalue weighted by Gasteiger charge is -2.10. The van der Waals surface area contributed by atoms with E-state index in [9.17, 15) is 27.9 Å². The maximum absolute atomic E-state index is 12.4. The van der Waals surface area contributed by atoms with E-state index in [1.807, 2.05) is 0 Å². The standard InChI is InChI=1S/C27H25F3N6O4S/c28-27(29,30)40-20-11-6-7-17(15-20)16-22(37)31-21-14-13-19(33-34-21)10-4-5-12-23-35-36-26(41-23)32-25(39)24(38)18-8-2-1-3-9-18/h1-3,6-9,11,13-15,24,38H,4-5,10,12,16H2,(H,31,34,37)(H,32,36,39)/t24-/m1/s1. The van der Waals surface area contributed by atoms with Crippen molar-refractivity contribution in [3.8, 4) is 5.75 Å². The molecule has 0 radical (unpaired) electrons. The average Bonchev–Trinajstić information content (AvgIpc) is 3.38. The third kappa shape index (κ3) is 9.61. The number of nitrogens with zero attached hydrogens (tertiary/aromatic N) is 4. The van der Waals surface area contributed by atoms with Gasteiger partial charge in [0.25, 0.3) is 5.91 Å². The number of amides is 2. The lowest BCUT2D eigenvalue weighted by atomic mass is 10.1. The van der Waals surface area contributed by atoms with Crippen LogP contribution in [0.5, 0.6) is 5.75 Å². The fourth-order valence-corrected chi connectivity index (χ4v) is 4.52. The monoisotopic (exact) mass is 586 g/mol. The third-order valence-corrected chi connectivity index (χ3v) is 6.52. The molecule has 0 saturated carbocycles. The molecule has 214 valence electrons. The molecule has 2 heterocycles. The summed E-state index contributed by atoms with van der Waals surface area (Å²) < 4.78 is 41.1. The second-order valence-electron chi connectivity index (χ2n) is 8.84. The van der Waals surface area contributed by atoms with E-state index >= 15 is 0 Å². The normalized spacial score (nSPS) is 12.0. The molecule has 3 N–H and O–H groups in total. The van der Waals surface area contributed by atoms with Crippen LogP contribution in [-0.4, -0.2) is 43.7 Å². The summed E-state index contributed by atoms with van der Waals surface area (Å²) in [5, 5.41) is 32.5. The first-order chi connectivity index (χ1) is 19.6. The van der Waals surface area contributed by atoms with E-state index in [1.165, 1.54) is 23.5 Å².